The monoisotopic (exact) mass is 298 g/mol. The van der Waals surface area contributed by atoms with Gasteiger partial charge >= 0.3 is 0 Å². The number of hydrogen-bond acceptors (Lipinski definition) is 5. The highest BCUT2D eigenvalue weighted by Gasteiger charge is 2.11. The topological polar surface area (TPSA) is 64.3 Å². The number of ether oxygens (including phenoxy) is 1. The Hall–Kier alpha value is -1.56. The van der Waals surface area contributed by atoms with E-state index < -0.39 is 0 Å². The largest absolute Gasteiger partial charge is 0.492 e. The van der Waals surface area contributed by atoms with Crippen molar-refractivity contribution in [3.05, 3.63) is 41.7 Å². The first-order valence-electron chi connectivity index (χ1n) is 5.57. The first-order valence-corrected chi connectivity index (χ1v) is 6.28. The van der Waals surface area contributed by atoms with E-state index in [0.29, 0.717) is 35.6 Å². The molecule has 0 aliphatic carbocycles. The average Bonchev–Trinajstić information content (AvgIpc) is 2.44. The predicted molar refractivity (Wildman–Crippen MR) is 76.0 cm³/mol. The molecule has 2 rings (SSSR count). The molecule has 7 heteroatoms. The molecule has 1 aromatic carbocycles. The van der Waals surface area contributed by atoms with Gasteiger partial charge in [-0.2, -0.15) is 0 Å². The third-order valence-corrected chi connectivity index (χ3v) is 2.76. The van der Waals surface area contributed by atoms with Crippen LogP contribution in [0.15, 0.2) is 36.7 Å². The number of benzene rings is 1. The standard InChI is InChI=1S/C12H12Cl2N4O/c13-9-6-10(8-11(7-9)19-5-2-15)18(14)12-16-3-1-4-17-12/h1,3-4,6-8H,2,5,15H2. The number of nitrogens with zero attached hydrogens (tertiary/aromatic N) is 3. The Morgan fingerprint density at radius 3 is 2.63 bits per heavy atom. The van der Waals surface area contributed by atoms with E-state index in [9.17, 15) is 0 Å². The average molecular weight is 299 g/mol. The quantitative estimate of drug-likeness (QED) is 0.860. The van der Waals surface area contributed by atoms with Crippen molar-refractivity contribution in [3.8, 4) is 5.75 Å². The van der Waals surface area contributed by atoms with Crippen LogP contribution in [0.25, 0.3) is 0 Å². The second-order valence-corrected chi connectivity index (χ2v) is 4.39. The fraction of sp³-hybridized carbons (Fsp3) is 0.167. The lowest BCUT2D eigenvalue weighted by molar-refractivity contribution is 0.328. The summed E-state index contributed by atoms with van der Waals surface area (Å²) in [5, 5.41) is 0.506. The number of halogens is 2. The Morgan fingerprint density at radius 1 is 1.21 bits per heavy atom. The van der Waals surface area contributed by atoms with Gasteiger partial charge in [-0.15, -0.1) is 0 Å². The molecule has 0 bridgehead atoms. The van der Waals surface area contributed by atoms with Crippen LogP contribution in [0.5, 0.6) is 5.75 Å². The molecule has 0 saturated carbocycles. The smallest absolute Gasteiger partial charge is 0.244 e. The summed E-state index contributed by atoms with van der Waals surface area (Å²) in [6, 6.07) is 6.84. The van der Waals surface area contributed by atoms with Crippen molar-refractivity contribution < 1.29 is 4.74 Å². The van der Waals surface area contributed by atoms with Crippen LogP contribution in [-0.2, 0) is 0 Å². The number of aromatic nitrogens is 2. The minimum absolute atomic E-state index is 0.358. The van der Waals surface area contributed by atoms with E-state index in [0.717, 1.165) is 0 Å². The molecule has 0 aliphatic heterocycles. The van der Waals surface area contributed by atoms with Crippen LogP contribution in [0.4, 0.5) is 11.6 Å². The molecular weight excluding hydrogens is 287 g/mol. The zero-order chi connectivity index (χ0) is 13.7. The minimum Gasteiger partial charge on any atom is -0.492 e. The van der Waals surface area contributed by atoms with Crippen molar-refractivity contribution in [2.75, 3.05) is 17.6 Å². The Labute approximate surface area is 121 Å². The maximum absolute atomic E-state index is 6.18. The third-order valence-electron chi connectivity index (χ3n) is 2.20. The summed E-state index contributed by atoms with van der Waals surface area (Å²) in [4.78, 5) is 8.11. The molecule has 0 spiro atoms. The van der Waals surface area contributed by atoms with E-state index in [-0.39, 0.29) is 0 Å². The molecule has 0 radical (unpaired) electrons. The van der Waals surface area contributed by atoms with Gasteiger partial charge in [0.15, 0.2) is 0 Å². The van der Waals surface area contributed by atoms with Crippen LogP contribution in [0.3, 0.4) is 0 Å². The van der Waals surface area contributed by atoms with E-state index >= 15 is 0 Å². The zero-order valence-corrected chi connectivity index (χ0v) is 11.5. The Morgan fingerprint density at radius 2 is 1.95 bits per heavy atom. The number of anilines is 2. The molecule has 0 amide bonds. The predicted octanol–water partition coefficient (Wildman–Crippen LogP) is 2.76. The lowest BCUT2D eigenvalue weighted by atomic mass is 10.3. The zero-order valence-electron chi connectivity index (χ0n) is 9.96. The molecule has 0 unspecified atom stereocenters. The van der Waals surface area contributed by atoms with Gasteiger partial charge in [-0.3, -0.25) is 0 Å². The van der Waals surface area contributed by atoms with E-state index in [1.54, 1.807) is 36.7 Å². The van der Waals surface area contributed by atoms with Gasteiger partial charge < -0.3 is 10.5 Å². The fourth-order valence-corrected chi connectivity index (χ4v) is 1.83. The van der Waals surface area contributed by atoms with E-state index in [1.807, 2.05) is 0 Å². The van der Waals surface area contributed by atoms with Crippen LogP contribution in [0.1, 0.15) is 0 Å². The highest BCUT2D eigenvalue weighted by atomic mass is 35.5. The van der Waals surface area contributed by atoms with Crippen LogP contribution in [-0.4, -0.2) is 23.1 Å². The molecule has 0 fully saturated rings. The lowest BCUT2D eigenvalue weighted by Crippen LogP contribution is -2.11. The molecule has 1 heterocycles. The summed E-state index contributed by atoms with van der Waals surface area (Å²) in [6.45, 7) is 0.831. The van der Waals surface area contributed by atoms with E-state index in [2.05, 4.69) is 9.97 Å². The Balaban J connectivity index is 2.26. The fourth-order valence-electron chi connectivity index (χ4n) is 1.43. The maximum atomic E-state index is 6.18. The van der Waals surface area contributed by atoms with Crippen molar-refractivity contribution in [3.63, 3.8) is 0 Å². The van der Waals surface area contributed by atoms with Crippen molar-refractivity contribution in [1.82, 2.24) is 9.97 Å². The van der Waals surface area contributed by atoms with Crippen LogP contribution < -0.4 is 14.9 Å². The first-order chi connectivity index (χ1) is 9.20. The van der Waals surface area contributed by atoms with Crippen LogP contribution >= 0.6 is 23.4 Å². The molecule has 0 atom stereocenters. The molecule has 2 N–H and O–H groups in total. The molecule has 1 aromatic heterocycles. The van der Waals surface area contributed by atoms with Crippen molar-refractivity contribution in [2.24, 2.45) is 5.73 Å². The Kier molecular flexibility index (Phi) is 4.79. The molecule has 0 saturated heterocycles. The molecule has 19 heavy (non-hydrogen) atoms. The summed E-state index contributed by atoms with van der Waals surface area (Å²) in [7, 11) is 0. The van der Waals surface area contributed by atoms with E-state index in [1.165, 1.54) is 4.42 Å². The van der Waals surface area contributed by atoms with Crippen LogP contribution in [0.2, 0.25) is 5.02 Å². The molecule has 5 nitrogen and oxygen atoms in total. The van der Waals surface area contributed by atoms with Crippen LogP contribution in [0, 0.1) is 0 Å². The van der Waals surface area contributed by atoms with Crippen molar-refractivity contribution >= 4 is 35.0 Å². The minimum atomic E-state index is 0.358. The molecule has 2 aromatic rings. The van der Waals surface area contributed by atoms with Gasteiger partial charge in [0.25, 0.3) is 0 Å². The van der Waals surface area contributed by atoms with Gasteiger partial charge in [0.1, 0.15) is 12.4 Å². The maximum Gasteiger partial charge on any atom is 0.244 e. The van der Waals surface area contributed by atoms with Crippen molar-refractivity contribution in [2.45, 2.75) is 0 Å². The molecule has 100 valence electrons. The van der Waals surface area contributed by atoms with Gasteiger partial charge in [-0.1, -0.05) is 11.6 Å². The van der Waals surface area contributed by atoms with Gasteiger partial charge in [-0.25, -0.2) is 14.4 Å². The molecule has 0 aliphatic rings. The highest BCUT2D eigenvalue weighted by Crippen LogP contribution is 2.31. The summed E-state index contributed by atoms with van der Waals surface area (Å²) in [5.41, 5.74) is 6.01. The highest BCUT2D eigenvalue weighted by molar-refractivity contribution is 6.32. The van der Waals surface area contributed by atoms with Gasteiger partial charge in [-0.05, 0) is 18.2 Å². The number of hydrogen-bond donors (Lipinski definition) is 1. The summed E-state index contributed by atoms with van der Waals surface area (Å²) in [5.74, 6) is 0.950. The van der Waals surface area contributed by atoms with E-state index in [4.69, 9.17) is 33.8 Å². The van der Waals surface area contributed by atoms with Gasteiger partial charge in [0.05, 0.1) is 5.69 Å². The Bertz CT molecular complexity index is 539. The molecular formula is C12H12Cl2N4O. The third kappa shape index (κ3) is 3.70. The van der Waals surface area contributed by atoms with Gasteiger partial charge in [0.2, 0.25) is 5.95 Å². The summed E-state index contributed by atoms with van der Waals surface area (Å²) >= 11 is 12.2. The lowest BCUT2D eigenvalue weighted by Gasteiger charge is -2.15. The first kappa shape index (κ1) is 13.9. The second kappa shape index (κ2) is 6.56. The summed E-state index contributed by atoms with van der Waals surface area (Å²) < 4.78 is 6.73. The number of rotatable bonds is 5. The SMILES string of the molecule is NCCOc1cc(Cl)cc(N(Cl)c2ncccn2)c1. The van der Waals surface area contributed by atoms with Crippen molar-refractivity contribution in [1.29, 1.82) is 0 Å². The number of nitrogens with two attached hydrogens (primary N) is 1. The van der Waals surface area contributed by atoms with Gasteiger partial charge in [0, 0.05) is 41.8 Å². The second-order valence-electron chi connectivity index (χ2n) is 3.61. The normalized spacial score (nSPS) is 10.3. The summed E-state index contributed by atoms with van der Waals surface area (Å²) in [6.07, 6.45) is 3.21.